The zero-order valence-corrected chi connectivity index (χ0v) is 23.6. The maximum Gasteiger partial charge on any atom is 0.258 e. The lowest BCUT2D eigenvalue weighted by Crippen LogP contribution is -2.37. The van der Waals surface area contributed by atoms with Gasteiger partial charge in [0.2, 0.25) is 5.91 Å². The third-order valence-electron chi connectivity index (χ3n) is 7.22. The second-order valence-electron chi connectivity index (χ2n) is 10.1. The second-order valence-corrected chi connectivity index (χ2v) is 10.1. The number of fused-ring (bicyclic) bond motifs is 1. The van der Waals surface area contributed by atoms with Gasteiger partial charge in [-0.05, 0) is 55.0 Å². The Morgan fingerprint density at radius 1 is 0.878 bits per heavy atom. The molecule has 0 bridgehead atoms. The number of imidazole rings is 1. The number of benzene rings is 3. The largest absolute Gasteiger partial charge is 0.360 e. The first kappa shape index (κ1) is 27.6. The number of aryl methyl sites for hydroxylation is 1. The molecule has 1 aliphatic heterocycles. The average molecular weight is 551 g/mol. The van der Waals surface area contributed by atoms with E-state index in [4.69, 9.17) is 0 Å². The summed E-state index contributed by atoms with van der Waals surface area (Å²) in [6.45, 7) is 3.48. The molecular formula is C32H34N6O3. The molecule has 1 aromatic heterocycles. The van der Waals surface area contributed by atoms with E-state index in [9.17, 15) is 14.4 Å². The maximum absolute atomic E-state index is 13.7. The zero-order chi connectivity index (χ0) is 28.9. The maximum atomic E-state index is 13.7. The molecule has 0 unspecified atom stereocenters. The molecule has 0 saturated heterocycles. The molecule has 5 rings (SSSR count). The highest BCUT2D eigenvalue weighted by atomic mass is 16.2. The molecule has 0 fully saturated rings. The first-order valence-electron chi connectivity index (χ1n) is 13.8. The van der Waals surface area contributed by atoms with Crippen LogP contribution in [0, 0.1) is 0 Å². The number of rotatable bonds is 7. The number of likely N-dealkylation sites (N-methyl/N-ethyl adjacent to an activating group) is 1. The van der Waals surface area contributed by atoms with E-state index in [0.29, 0.717) is 29.9 Å². The van der Waals surface area contributed by atoms with E-state index < -0.39 is 0 Å². The van der Waals surface area contributed by atoms with E-state index in [1.54, 1.807) is 60.4 Å². The van der Waals surface area contributed by atoms with E-state index in [2.05, 4.69) is 10.3 Å². The summed E-state index contributed by atoms with van der Waals surface area (Å²) in [7, 11) is 3.49. The van der Waals surface area contributed by atoms with Gasteiger partial charge in [0, 0.05) is 57.3 Å². The minimum atomic E-state index is -0.246. The Labute approximate surface area is 240 Å². The van der Waals surface area contributed by atoms with Gasteiger partial charge >= 0.3 is 0 Å². The molecule has 1 aliphatic rings. The standard InChI is InChI=1S/C32H34N6O3/c1-4-29-33-18-21-37(29)26-11-6-5-10-25(26)31(40)34-24-16-14-23(15-17-24)32(41)38-20-9-19-36(22-30(39)35(2)3)27-12-7-8-13-28(27)38/h5-8,10-18,21H,4,9,19-20,22H2,1-3H3,(H,34,40). The summed E-state index contributed by atoms with van der Waals surface area (Å²) in [4.78, 5) is 49.2. The summed E-state index contributed by atoms with van der Waals surface area (Å²) >= 11 is 0. The molecule has 4 aromatic rings. The summed E-state index contributed by atoms with van der Waals surface area (Å²) in [6.07, 6.45) is 5.05. The predicted octanol–water partition coefficient (Wildman–Crippen LogP) is 4.63. The normalized spacial score (nSPS) is 12.9. The highest BCUT2D eigenvalue weighted by Gasteiger charge is 2.27. The van der Waals surface area contributed by atoms with Gasteiger partial charge in [0.05, 0.1) is 29.2 Å². The van der Waals surface area contributed by atoms with Crippen molar-refractivity contribution >= 4 is 34.8 Å². The quantitative estimate of drug-likeness (QED) is 0.362. The Morgan fingerprint density at radius 3 is 2.27 bits per heavy atom. The second kappa shape index (κ2) is 12.1. The summed E-state index contributed by atoms with van der Waals surface area (Å²) < 4.78 is 1.92. The minimum absolute atomic E-state index is 0.00988. The number of carbonyl (C=O) groups is 3. The Kier molecular flexibility index (Phi) is 8.14. The van der Waals surface area contributed by atoms with Crippen molar-refractivity contribution in [2.45, 2.75) is 19.8 Å². The van der Waals surface area contributed by atoms with Gasteiger partial charge < -0.3 is 24.6 Å². The molecule has 41 heavy (non-hydrogen) atoms. The SMILES string of the molecule is CCc1nccn1-c1ccccc1C(=O)Nc1ccc(C(=O)N2CCCN(CC(=O)N(C)C)c3ccccc32)cc1. The van der Waals surface area contributed by atoms with Crippen LogP contribution in [0.15, 0.2) is 85.2 Å². The van der Waals surface area contributed by atoms with E-state index in [-0.39, 0.29) is 24.3 Å². The lowest BCUT2D eigenvalue weighted by atomic mass is 10.1. The number of hydrogen-bond donors (Lipinski definition) is 1. The average Bonchev–Trinajstić information content (AvgIpc) is 3.40. The van der Waals surface area contributed by atoms with Crippen LogP contribution >= 0.6 is 0 Å². The van der Waals surface area contributed by atoms with E-state index in [1.165, 1.54) is 0 Å². The van der Waals surface area contributed by atoms with Gasteiger partial charge in [-0.3, -0.25) is 14.4 Å². The van der Waals surface area contributed by atoms with Gasteiger partial charge in [0.1, 0.15) is 5.82 Å². The monoisotopic (exact) mass is 550 g/mol. The number of aromatic nitrogens is 2. The number of amides is 3. The highest BCUT2D eigenvalue weighted by molar-refractivity contribution is 6.09. The van der Waals surface area contributed by atoms with Gasteiger partial charge in [-0.1, -0.05) is 31.2 Å². The number of carbonyl (C=O) groups excluding carboxylic acids is 3. The summed E-state index contributed by atoms with van der Waals surface area (Å²) in [6, 6.07) is 22.1. The molecule has 1 N–H and O–H groups in total. The van der Waals surface area contributed by atoms with Gasteiger partial charge in [0.25, 0.3) is 11.8 Å². The lowest BCUT2D eigenvalue weighted by molar-refractivity contribution is -0.127. The molecule has 210 valence electrons. The fourth-order valence-corrected chi connectivity index (χ4v) is 5.04. The van der Waals surface area contributed by atoms with E-state index >= 15 is 0 Å². The number of para-hydroxylation sites is 3. The first-order chi connectivity index (χ1) is 19.9. The molecule has 0 atom stereocenters. The van der Waals surface area contributed by atoms with Crippen molar-refractivity contribution in [3.63, 3.8) is 0 Å². The third kappa shape index (κ3) is 5.84. The molecule has 0 spiro atoms. The summed E-state index contributed by atoms with van der Waals surface area (Å²) in [5.74, 6) is 0.504. The Morgan fingerprint density at radius 2 is 1.56 bits per heavy atom. The van der Waals surface area contributed by atoms with Crippen LogP contribution in [0.2, 0.25) is 0 Å². The van der Waals surface area contributed by atoms with Crippen LogP contribution in [0.1, 0.15) is 39.9 Å². The molecule has 2 heterocycles. The van der Waals surface area contributed by atoms with Crippen LogP contribution in [-0.2, 0) is 11.2 Å². The van der Waals surface area contributed by atoms with Gasteiger partial charge in [-0.2, -0.15) is 0 Å². The van der Waals surface area contributed by atoms with Crippen LogP contribution in [0.5, 0.6) is 0 Å². The minimum Gasteiger partial charge on any atom is -0.360 e. The van der Waals surface area contributed by atoms with Crippen molar-refractivity contribution < 1.29 is 14.4 Å². The van der Waals surface area contributed by atoms with Crippen molar-refractivity contribution in [3.05, 3.63) is 102 Å². The number of anilines is 3. The summed E-state index contributed by atoms with van der Waals surface area (Å²) in [5.41, 5.74) is 4.03. The van der Waals surface area contributed by atoms with E-state index in [1.807, 2.05) is 65.1 Å². The van der Waals surface area contributed by atoms with Gasteiger partial charge in [-0.15, -0.1) is 0 Å². The molecule has 0 radical (unpaired) electrons. The van der Waals surface area contributed by atoms with Crippen molar-refractivity contribution in [3.8, 4) is 5.69 Å². The fraction of sp³-hybridized carbons (Fsp3) is 0.250. The van der Waals surface area contributed by atoms with Crippen molar-refractivity contribution in [2.24, 2.45) is 0 Å². The van der Waals surface area contributed by atoms with Crippen LogP contribution < -0.4 is 15.1 Å². The van der Waals surface area contributed by atoms with Crippen LogP contribution in [0.3, 0.4) is 0 Å². The Balaban J connectivity index is 1.34. The van der Waals surface area contributed by atoms with Crippen LogP contribution in [0.25, 0.3) is 5.69 Å². The fourth-order valence-electron chi connectivity index (χ4n) is 5.04. The third-order valence-corrected chi connectivity index (χ3v) is 7.22. The Hall–Kier alpha value is -4.92. The number of nitrogens with zero attached hydrogens (tertiary/aromatic N) is 5. The predicted molar refractivity (Wildman–Crippen MR) is 161 cm³/mol. The van der Waals surface area contributed by atoms with Crippen molar-refractivity contribution in [2.75, 3.05) is 48.8 Å². The van der Waals surface area contributed by atoms with Crippen LogP contribution in [0.4, 0.5) is 17.1 Å². The highest BCUT2D eigenvalue weighted by Crippen LogP contribution is 2.33. The first-order valence-corrected chi connectivity index (χ1v) is 13.8. The summed E-state index contributed by atoms with van der Waals surface area (Å²) in [5, 5.41) is 2.96. The van der Waals surface area contributed by atoms with Crippen molar-refractivity contribution in [1.82, 2.24) is 14.5 Å². The Bertz CT molecular complexity index is 1560. The van der Waals surface area contributed by atoms with Crippen LogP contribution in [-0.4, -0.2) is 65.9 Å². The number of nitrogens with one attached hydrogen (secondary N) is 1. The van der Waals surface area contributed by atoms with Gasteiger partial charge in [0.15, 0.2) is 0 Å². The van der Waals surface area contributed by atoms with Gasteiger partial charge in [-0.25, -0.2) is 4.98 Å². The zero-order valence-electron chi connectivity index (χ0n) is 23.6. The molecule has 0 aliphatic carbocycles. The topological polar surface area (TPSA) is 90.8 Å². The van der Waals surface area contributed by atoms with Crippen molar-refractivity contribution in [1.29, 1.82) is 0 Å². The molecule has 3 aromatic carbocycles. The molecule has 0 saturated carbocycles. The molecule has 3 amide bonds. The smallest absolute Gasteiger partial charge is 0.258 e. The van der Waals surface area contributed by atoms with E-state index in [0.717, 1.165) is 35.7 Å². The molecular weight excluding hydrogens is 516 g/mol. The number of hydrogen-bond acceptors (Lipinski definition) is 5. The molecule has 9 heteroatoms. The lowest BCUT2D eigenvalue weighted by Gasteiger charge is -2.27. The molecule has 9 nitrogen and oxygen atoms in total.